The summed E-state index contributed by atoms with van der Waals surface area (Å²) in [6.45, 7) is 5.75. The van der Waals surface area contributed by atoms with Crippen LogP contribution in [0.5, 0.6) is 0 Å². The van der Waals surface area contributed by atoms with Gasteiger partial charge in [-0.05, 0) is 18.6 Å². The Hall–Kier alpha value is -1.84. The molecule has 19 heavy (non-hydrogen) atoms. The summed E-state index contributed by atoms with van der Waals surface area (Å²) < 4.78 is 40.0. The number of aryl methyl sites for hydroxylation is 3. The fourth-order valence-corrected chi connectivity index (χ4v) is 2.34. The molecule has 0 N–H and O–H groups in total. The van der Waals surface area contributed by atoms with Crippen LogP contribution in [-0.2, 0) is 6.18 Å². The smallest absolute Gasteiger partial charge is 0.166 e. The van der Waals surface area contributed by atoms with Gasteiger partial charge in [-0.3, -0.25) is 0 Å². The molecule has 1 aromatic carbocycles. The van der Waals surface area contributed by atoms with Crippen molar-refractivity contribution in [1.29, 1.82) is 0 Å². The Bertz CT molecular complexity index is 592. The molecule has 0 bridgehead atoms. The molecule has 2 aromatic rings. The molecule has 1 nitrogen and oxygen atoms in total. The largest absolute Gasteiger partial charge is 0.416 e. The highest BCUT2D eigenvalue weighted by molar-refractivity contribution is 5.31. The molecule has 0 atom stereocenters. The first kappa shape index (κ1) is 13.6. The number of hydrogen-bond acceptors (Lipinski definition) is 0. The van der Waals surface area contributed by atoms with Crippen LogP contribution in [0.4, 0.5) is 13.2 Å². The lowest BCUT2D eigenvalue weighted by atomic mass is 10.1. The minimum absolute atomic E-state index is 0.532. The lowest BCUT2D eigenvalue weighted by molar-refractivity contribution is -0.609. The zero-order chi connectivity index (χ0) is 14.2. The van der Waals surface area contributed by atoms with Crippen molar-refractivity contribution in [2.45, 2.75) is 26.9 Å². The Morgan fingerprint density at radius 2 is 1.47 bits per heavy atom. The fourth-order valence-electron chi connectivity index (χ4n) is 2.34. The predicted octanol–water partition coefficient (Wildman–Crippen LogP) is 3.91. The van der Waals surface area contributed by atoms with Gasteiger partial charge in [-0.2, -0.15) is 17.7 Å². The third kappa shape index (κ3) is 2.78. The maximum absolute atomic E-state index is 12.7. The summed E-state index contributed by atoms with van der Waals surface area (Å²) in [4.78, 5) is 0. The van der Waals surface area contributed by atoms with Crippen LogP contribution in [0.1, 0.15) is 22.5 Å². The summed E-state index contributed by atoms with van der Waals surface area (Å²) in [5.41, 5.74) is 2.83. The molecule has 2 rings (SSSR count). The van der Waals surface area contributed by atoms with Gasteiger partial charge in [0.25, 0.3) is 0 Å². The maximum Gasteiger partial charge on any atom is 0.416 e. The molecule has 100 valence electrons. The number of alkyl halides is 3. The molecule has 0 aliphatic carbocycles. The van der Waals surface area contributed by atoms with Crippen LogP contribution in [0.3, 0.4) is 0 Å². The van der Waals surface area contributed by atoms with Crippen LogP contribution in [-0.4, -0.2) is 0 Å². The molecule has 0 spiro atoms. The van der Waals surface area contributed by atoms with Gasteiger partial charge in [0, 0.05) is 38.1 Å². The van der Waals surface area contributed by atoms with Gasteiger partial charge in [0.1, 0.15) is 0 Å². The Labute approximate surface area is 110 Å². The lowest BCUT2D eigenvalue weighted by Crippen LogP contribution is -2.38. The summed E-state index contributed by atoms with van der Waals surface area (Å²) in [5, 5.41) is 0. The molecule has 4 heteroatoms. The standard InChI is InChI=1S/C15H15F3N/c1-10-7-11(2)19(12(3)8-10)14-6-4-5-13(9-14)15(16,17)18/h4-9H,1-3H3/q+1. The minimum Gasteiger partial charge on any atom is -0.166 e. The van der Waals surface area contributed by atoms with Crippen molar-refractivity contribution in [1.82, 2.24) is 0 Å². The number of halogens is 3. The van der Waals surface area contributed by atoms with Crippen LogP contribution < -0.4 is 4.57 Å². The molecular formula is C15H15F3N+. The minimum atomic E-state index is -4.32. The van der Waals surface area contributed by atoms with Crippen molar-refractivity contribution in [3.8, 4) is 5.69 Å². The second kappa shape index (κ2) is 4.68. The Morgan fingerprint density at radius 3 is 2.00 bits per heavy atom. The molecule has 0 saturated heterocycles. The average Bonchev–Trinajstić information content (AvgIpc) is 2.26. The van der Waals surface area contributed by atoms with Crippen LogP contribution in [0, 0.1) is 20.8 Å². The summed E-state index contributed by atoms with van der Waals surface area (Å²) in [6, 6.07) is 9.28. The summed E-state index contributed by atoms with van der Waals surface area (Å²) in [6.07, 6.45) is -4.32. The predicted molar refractivity (Wildman–Crippen MR) is 67.2 cm³/mol. The molecule has 0 amide bonds. The Balaban J connectivity index is 2.60. The van der Waals surface area contributed by atoms with E-state index in [0.717, 1.165) is 23.0 Å². The molecule has 0 fully saturated rings. The highest BCUT2D eigenvalue weighted by Crippen LogP contribution is 2.29. The van der Waals surface area contributed by atoms with E-state index >= 15 is 0 Å². The van der Waals surface area contributed by atoms with Gasteiger partial charge in [-0.25, -0.2) is 0 Å². The van der Waals surface area contributed by atoms with E-state index in [2.05, 4.69) is 0 Å². The zero-order valence-electron chi connectivity index (χ0n) is 11.0. The summed E-state index contributed by atoms with van der Waals surface area (Å²) in [7, 11) is 0. The first-order valence-corrected chi connectivity index (χ1v) is 5.96. The van der Waals surface area contributed by atoms with Crippen molar-refractivity contribution in [3.63, 3.8) is 0 Å². The molecule has 1 heterocycles. The third-order valence-electron chi connectivity index (χ3n) is 3.01. The van der Waals surface area contributed by atoms with E-state index in [1.165, 1.54) is 12.1 Å². The quantitative estimate of drug-likeness (QED) is 0.689. The summed E-state index contributed by atoms with van der Waals surface area (Å²) in [5.74, 6) is 0. The molecule has 0 aliphatic heterocycles. The fraction of sp³-hybridized carbons (Fsp3) is 0.267. The molecule has 0 aliphatic rings. The molecule has 1 aromatic heterocycles. The maximum atomic E-state index is 12.7. The SMILES string of the molecule is Cc1cc(C)[n+](-c2cccc(C(F)(F)F)c2)c(C)c1. The van der Waals surface area contributed by atoms with Gasteiger partial charge >= 0.3 is 6.18 Å². The van der Waals surface area contributed by atoms with Gasteiger partial charge in [0.2, 0.25) is 5.69 Å². The van der Waals surface area contributed by atoms with Gasteiger partial charge in [0.05, 0.1) is 5.56 Å². The molecule has 0 radical (unpaired) electrons. The van der Waals surface area contributed by atoms with E-state index in [1.54, 1.807) is 6.07 Å². The lowest BCUT2D eigenvalue weighted by Gasteiger charge is -2.08. The highest BCUT2D eigenvalue weighted by Gasteiger charge is 2.31. The number of hydrogen-bond donors (Lipinski definition) is 0. The van der Waals surface area contributed by atoms with Gasteiger partial charge in [0.15, 0.2) is 11.4 Å². The Morgan fingerprint density at radius 1 is 0.895 bits per heavy atom. The second-order valence-corrected chi connectivity index (χ2v) is 4.70. The monoisotopic (exact) mass is 266 g/mol. The van der Waals surface area contributed by atoms with Crippen molar-refractivity contribution < 1.29 is 17.7 Å². The van der Waals surface area contributed by atoms with Gasteiger partial charge in [-0.15, -0.1) is 0 Å². The van der Waals surface area contributed by atoms with Crippen molar-refractivity contribution >= 4 is 0 Å². The van der Waals surface area contributed by atoms with E-state index in [0.29, 0.717) is 5.69 Å². The van der Waals surface area contributed by atoms with Crippen LogP contribution >= 0.6 is 0 Å². The van der Waals surface area contributed by atoms with Crippen molar-refractivity contribution in [2.75, 3.05) is 0 Å². The number of benzene rings is 1. The molecule has 0 saturated carbocycles. The van der Waals surface area contributed by atoms with E-state index in [-0.39, 0.29) is 0 Å². The van der Waals surface area contributed by atoms with Gasteiger partial charge in [-0.1, -0.05) is 6.07 Å². The summed E-state index contributed by atoms with van der Waals surface area (Å²) >= 11 is 0. The van der Waals surface area contributed by atoms with E-state index in [9.17, 15) is 13.2 Å². The van der Waals surface area contributed by atoms with Crippen molar-refractivity contribution in [3.05, 3.63) is 58.9 Å². The number of nitrogens with zero attached hydrogens (tertiary/aromatic N) is 1. The number of pyridine rings is 1. The third-order valence-corrected chi connectivity index (χ3v) is 3.01. The van der Waals surface area contributed by atoms with E-state index in [1.807, 2.05) is 37.5 Å². The molecule has 0 unspecified atom stereocenters. The first-order chi connectivity index (χ1) is 8.79. The highest BCUT2D eigenvalue weighted by atomic mass is 19.4. The van der Waals surface area contributed by atoms with Crippen LogP contribution in [0.2, 0.25) is 0 Å². The van der Waals surface area contributed by atoms with Crippen molar-refractivity contribution in [2.24, 2.45) is 0 Å². The topological polar surface area (TPSA) is 3.88 Å². The number of aromatic nitrogens is 1. The number of rotatable bonds is 1. The first-order valence-electron chi connectivity index (χ1n) is 5.96. The Kier molecular flexibility index (Phi) is 3.35. The van der Waals surface area contributed by atoms with Crippen LogP contribution in [0.15, 0.2) is 36.4 Å². The zero-order valence-corrected chi connectivity index (χ0v) is 11.0. The van der Waals surface area contributed by atoms with Gasteiger partial charge < -0.3 is 0 Å². The van der Waals surface area contributed by atoms with E-state index < -0.39 is 11.7 Å². The average molecular weight is 266 g/mol. The van der Waals surface area contributed by atoms with E-state index in [4.69, 9.17) is 0 Å². The second-order valence-electron chi connectivity index (χ2n) is 4.70. The van der Waals surface area contributed by atoms with Crippen LogP contribution in [0.25, 0.3) is 5.69 Å². The normalized spacial score (nSPS) is 11.7. The molecular weight excluding hydrogens is 251 g/mol.